The highest BCUT2D eigenvalue weighted by Gasteiger charge is 2.19. The van der Waals surface area contributed by atoms with Crippen molar-refractivity contribution in [3.63, 3.8) is 0 Å². The second-order valence-corrected chi connectivity index (χ2v) is 6.23. The van der Waals surface area contributed by atoms with Gasteiger partial charge in [0, 0.05) is 48.2 Å². The molecule has 0 bridgehead atoms. The Labute approximate surface area is 121 Å². The molecule has 0 unspecified atom stereocenters. The number of carbonyl (C=O) groups excluding carboxylic acids is 2. The minimum absolute atomic E-state index is 0.00866. The van der Waals surface area contributed by atoms with E-state index >= 15 is 0 Å². The number of amides is 2. The van der Waals surface area contributed by atoms with Crippen LogP contribution in [0.1, 0.15) is 16.8 Å². The fourth-order valence-electron chi connectivity index (χ4n) is 2.19. The largest absolute Gasteiger partial charge is 0.352 e. The van der Waals surface area contributed by atoms with E-state index in [0.717, 1.165) is 29.4 Å². The third-order valence-electron chi connectivity index (χ3n) is 3.52. The van der Waals surface area contributed by atoms with Crippen LogP contribution in [-0.2, 0) is 4.79 Å². The van der Waals surface area contributed by atoms with Crippen LogP contribution in [0.3, 0.4) is 0 Å². The van der Waals surface area contributed by atoms with E-state index in [2.05, 4.69) is 16.0 Å². The second-order valence-electron chi connectivity index (χ2n) is 5.09. The smallest absolute Gasteiger partial charge is 0.251 e. The average Bonchev–Trinajstić information content (AvgIpc) is 2.56. The molecule has 20 heavy (non-hydrogen) atoms. The van der Waals surface area contributed by atoms with Crippen LogP contribution in [0.5, 0.6) is 0 Å². The van der Waals surface area contributed by atoms with Gasteiger partial charge in [0.05, 0.1) is 5.69 Å². The molecule has 3 rings (SSSR count). The van der Waals surface area contributed by atoms with E-state index in [0.29, 0.717) is 24.4 Å². The van der Waals surface area contributed by atoms with E-state index in [1.165, 1.54) is 0 Å². The van der Waals surface area contributed by atoms with Crippen LogP contribution in [0, 0.1) is 5.92 Å². The molecular formula is C14H17N3O2S. The van der Waals surface area contributed by atoms with Gasteiger partial charge in [-0.3, -0.25) is 9.59 Å². The Balaban J connectivity index is 1.70. The quantitative estimate of drug-likeness (QED) is 0.779. The maximum atomic E-state index is 12.1. The molecule has 0 aliphatic carbocycles. The summed E-state index contributed by atoms with van der Waals surface area (Å²) in [6.07, 6.45) is 0.509. The van der Waals surface area contributed by atoms with Crippen LogP contribution in [-0.4, -0.2) is 37.2 Å². The first-order chi connectivity index (χ1) is 9.72. The van der Waals surface area contributed by atoms with Gasteiger partial charge in [-0.25, -0.2) is 0 Å². The molecule has 2 heterocycles. The van der Waals surface area contributed by atoms with Gasteiger partial charge in [0.25, 0.3) is 5.91 Å². The lowest BCUT2D eigenvalue weighted by atomic mass is 10.0. The van der Waals surface area contributed by atoms with Crippen molar-refractivity contribution in [3.8, 4) is 0 Å². The molecule has 6 heteroatoms. The zero-order chi connectivity index (χ0) is 13.9. The molecular weight excluding hydrogens is 274 g/mol. The third kappa shape index (κ3) is 2.96. The standard InChI is InChI=1S/C14H17N3O2S/c18-13-3-4-20-12-2-1-10(5-11(12)17-13)14(19)16-8-9-6-15-7-9/h1-2,5,9,15H,3-4,6-8H2,(H,16,19)(H,17,18). The van der Waals surface area contributed by atoms with E-state index in [-0.39, 0.29) is 11.8 Å². The monoisotopic (exact) mass is 291 g/mol. The molecule has 5 nitrogen and oxygen atoms in total. The summed E-state index contributed by atoms with van der Waals surface area (Å²) in [7, 11) is 0. The second kappa shape index (κ2) is 5.85. The van der Waals surface area contributed by atoms with Gasteiger partial charge >= 0.3 is 0 Å². The Morgan fingerprint density at radius 1 is 1.40 bits per heavy atom. The lowest BCUT2D eigenvalue weighted by Gasteiger charge is -2.27. The van der Waals surface area contributed by atoms with E-state index in [1.54, 1.807) is 17.8 Å². The van der Waals surface area contributed by atoms with Crippen LogP contribution < -0.4 is 16.0 Å². The number of benzene rings is 1. The van der Waals surface area contributed by atoms with Crippen molar-refractivity contribution in [1.29, 1.82) is 0 Å². The Morgan fingerprint density at radius 2 is 2.25 bits per heavy atom. The summed E-state index contributed by atoms with van der Waals surface area (Å²) < 4.78 is 0. The molecule has 2 amide bonds. The first-order valence-corrected chi connectivity index (χ1v) is 7.76. The van der Waals surface area contributed by atoms with Crippen molar-refractivity contribution in [1.82, 2.24) is 10.6 Å². The number of fused-ring (bicyclic) bond motifs is 1. The van der Waals surface area contributed by atoms with Gasteiger partial charge in [0.2, 0.25) is 5.91 Å². The Bertz CT molecular complexity index is 543. The van der Waals surface area contributed by atoms with Gasteiger partial charge in [-0.1, -0.05) is 0 Å². The normalized spacial score (nSPS) is 18.5. The van der Waals surface area contributed by atoms with E-state index in [1.807, 2.05) is 12.1 Å². The summed E-state index contributed by atoms with van der Waals surface area (Å²) in [6, 6.07) is 5.49. The fraction of sp³-hybridized carbons (Fsp3) is 0.429. The lowest BCUT2D eigenvalue weighted by Crippen LogP contribution is -2.48. The van der Waals surface area contributed by atoms with E-state index in [4.69, 9.17) is 0 Å². The zero-order valence-corrected chi connectivity index (χ0v) is 11.9. The Kier molecular flexibility index (Phi) is 3.93. The molecule has 2 aliphatic heterocycles. The Morgan fingerprint density at radius 3 is 3.00 bits per heavy atom. The van der Waals surface area contributed by atoms with E-state index in [9.17, 15) is 9.59 Å². The molecule has 1 fully saturated rings. The first kappa shape index (κ1) is 13.5. The predicted molar refractivity (Wildman–Crippen MR) is 79.1 cm³/mol. The number of hydrogen-bond acceptors (Lipinski definition) is 4. The van der Waals surface area contributed by atoms with Crippen molar-refractivity contribution in [2.24, 2.45) is 5.92 Å². The van der Waals surface area contributed by atoms with Crippen molar-refractivity contribution >= 4 is 29.3 Å². The topological polar surface area (TPSA) is 70.2 Å². The molecule has 1 aromatic rings. The molecule has 1 aromatic carbocycles. The summed E-state index contributed by atoms with van der Waals surface area (Å²) in [5.74, 6) is 1.24. The molecule has 0 saturated carbocycles. The average molecular weight is 291 g/mol. The van der Waals surface area contributed by atoms with Gasteiger partial charge in [-0.05, 0) is 18.2 Å². The highest BCUT2D eigenvalue weighted by Crippen LogP contribution is 2.31. The van der Waals surface area contributed by atoms with Gasteiger partial charge in [0.15, 0.2) is 0 Å². The first-order valence-electron chi connectivity index (χ1n) is 6.78. The number of thioether (sulfide) groups is 1. The van der Waals surface area contributed by atoms with Gasteiger partial charge in [0.1, 0.15) is 0 Å². The summed E-state index contributed by atoms with van der Waals surface area (Å²) in [6.45, 7) is 2.64. The molecule has 1 saturated heterocycles. The van der Waals surface area contributed by atoms with Crippen LogP contribution in [0.25, 0.3) is 0 Å². The summed E-state index contributed by atoms with van der Waals surface area (Å²) in [4.78, 5) is 24.7. The summed E-state index contributed by atoms with van der Waals surface area (Å²) in [5.41, 5.74) is 1.34. The maximum absolute atomic E-state index is 12.1. The fourth-order valence-corrected chi connectivity index (χ4v) is 3.13. The third-order valence-corrected chi connectivity index (χ3v) is 4.60. The van der Waals surface area contributed by atoms with Gasteiger partial charge in [-0.2, -0.15) is 0 Å². The lowest BCUT2D eigenvalue weighted by molar-refractivity contribution is -0.115. The highest BCUT2D eigenvalue weighted by atomic mass is 32.2. The number of carbonyl (C=O) groups is 2. The molecule has 3 N–H and O–H groups in total. The van der Waals surface area contributed by atoms with Gasteiger partial charge in [-0.15, -0.1) is 11.8 Å². The molecule has 0 atom stereocenters. The van der Waals surface area contributed by atoms with E-state index < -0.39 is 0 Å². The Hall–Kier alpha value is -1.53. The molecule has 0 radical (unpaired) electrons. The number of nitrogens with one attached hydrogen (secondary N) is 3. The molecule has 0 aromatic heterocycles. The molecule has 0 spiro atoms. The number of hydrogen-bond donors (Lipinski definition) is 3. The van der Waals surface area contributed by atoms with Crippen LogP contribution >= 0.6 is 11.8 Å². The van der Waals surface area contributed by atoms with Crippen LogP contribution in [0.4, 0.5) is 5.69 Å². The number of anilines is 1. The maximum Gasteiger partial charge on any atom is 0.251 e. The van der Waals surface area contributed by atoms with Crippen molar-refractivity contribution in [2.45, 2.75) is 11.3 Å². The molecule has 106 valence electrons. The van der Waals surface area contributed by atoms with Crippen LogP contribution in [0.2, 0.25) is 0 Å². The zero-order valence-electron chi connectivity index (χ0n) is 11.1. The highest BCUT2D eigenvalue weighted by molar-refractivity contribution is 7.99. The SMILES string of the molecule is O=C1CCSc2ccc(C(=O)NCC3CNC3)cc2N1. The summed E-state index contributed by atoms with van der Waals surface area (Å²) >= 11 is 1.64. The predicted octanol–water partition coefficient (Wildman–Crippen LogP) is 1.07. The number of rotatable bonds is 3. The van der Waals surface area contributed by atoms with Crippen molar-refractivity contribution in [2.75, 3.05) is 30.7 Å². The minimum atomic E-state index is -0.0804. The van der Waals surface area contributed by atoms with Crippen LogP contribution in [0.15, 0.2) is 23.1 Å². The summed E-state index contributed by atoms with van der Waals surface area (Å²) in [5, 5.41) is 8.97. The molecule has 2 aliphatic rings. The van der Waals surface area contributed by atoms with Crippen molar-refractivity contribution in [3.05, 3.63) is 23.8 Å². The minimum Gasteiger partial charge on any atom is -0.352 e. The van der Waals surface area contributed by atoms with Crippen molar-refractivity contribution < 1.29 is 9.59 Å². The van der Waals surface area contributed by atoms with Gasteiger partial charge < -0.3 is 16.0 Å².